The minimum Gasteiger partial charge on any atom is -0.505 e. The van der Waals surface area contributed by atoms with Gasteiger partial charge in [0.25, 0.3) is 5.56 Å². The zero-order valence-corrected chi connectivity index (χ0v) is 16.9. The quantitative estimate of drug-likeness (QED) is 0.323. The van der Waals surface area contributed by atoms with E-state index in [0.717, 1.165) is 11.8 Å². The van der Waals surface area contributed by atoms with Crippen LogP contribution in [-0.4, -0.2) is 9.67 Å². The van der Waals surface area contributed by atoms with Crippen molar-refractivity contribution in [3.8, 4) is 11.4 Å². The molecule has 2 heterocycles. The van der Waals surface area contributed by atoms with Crippen LogP contribution in [0.25, 0.3) is 27.6 Å². The van der Waals surface area contributed by atoms with Gasteiger partial charge in [0.2, 0.25) is 0 Å². The summed E-state index contributed by atoms with van der Waals surface area (Å²) in [6, 6.07) is 23.2. The molecule has 0 amide bonds. The van der Waals surface area contributed by atoms with Gasteiger partial charge in [0.1, 0.15) is 10.3 Å². The van der Waals surface area contributed by atoms with Crippen LogP contribution in [0.2, 0.25) is 0 Å². The van der Waals surface area contributed by atoms with Gasteiger partial charge in [0.15, 0.2) is 11.3 Å². The summed E-state index contributed by atoms with van der Waals surface area (Å²) >= 11 is 0.969. The molecular formula is C24H16N2O4S. The molecule has 0 fully saturated rings. The van der Waals surface area contributed by atoms with E-state index >= 15 is 0 Å². The van der Waals surface area contributed by atoms with Gasteiger partial charge in [0.05, 0.1) is 5.52 Å². The van der Waals surface area contributed by atoms with E-state index in [1.54, 1.807) is 60.7 Å². The maximum absolute atomic E-state index is 13.6. The highest BCUT2D eigenvalue weighted by Gasteiger charge is 2.23. The summed E-state index contributed by atoms with van der Waals surface area (Å²) in [7, 11) is 0. The standard InChI is InChI=1S/C24H16N2O4S/c25-16-11-5-7-13-18(16)31-22-20(27)19-21(30-24(22)29)15-10-4-6-12-17(15)26(23(19)28)14-8-2-1-3-9-14/h1-13,27H,25H2. The van der Waals surface area contributed by atoms with Gasteiger partial charge >= 0.3 is 5.63 Å². The molecule has 5 rings (SSSR count). The minimum atomic E-state index is -0.736. The third kappa shape index (κ3) is 3.06. The number of nitrogens with two attached hydrogens (primary N) is 1. The predicted octanol–water partition coefficient (Wildman–Crippen LogP) is 4.54. The molecule has 3 aromatic carbocycles. The van der Waals surface area contributed by atoms with Crippen molar-refractivity contribution in [3.05, 3.63) is 99.6 Å². The van der Waals surface area contributed by atoms with Gasteiger partial charge in [-0.2, -0.15) is 0 Å². The molecule has 0 spiro atoms. The number of aromatic nitrogens is 1. The van der Waals surface area contributed by atoms with Crippen molar-refractivity contribution in [2.75, 3.05) is 5.73 Å². The summed E-state index contributed by atoms with van der Waals surface area (Å²) in [5, 5.41) is 11.5. The molecule has 152 valence electrons. The molecule has 0 aliphatic heterocycles. The minimum absolute atomic E-state index is 0.0562. The number of para-hydroxylation sites is 3. The fourth-order valence-corrected chi connectivity index (χ4v) is 4.46. The number of hydrogen-bond donors (Lipinski definition) is 2. The number of rotatable bonds is 3. The molecule has 2 aromatic heterocycles. The number of benzene rings is 3. The van der Waals surface area contributed by atoms with Crippen molar-refractivity contribution >= 4 is 39.3 Å². The molecule has 7 heteroatoms. The SMILES string of the molecule is Nc1ccccc1Sc1c(O)c2c(=O)n(-c3ccccc3)c3ccccc3c2oc1=O. The largest absolute Gasteiger partial charge is 0.505 e. The van der Waals surface area contributed by atoms with Crippen LogP contribution in [0.4, 0.5) is 5.69 Å². The van der Waals surface area contributed by atoms with E-state index in [0.29, 0.717) is 27.2 Å². The van der Waals surface area contributed by atoms with Gasteiger partial charge in [-0.15, -0.1) is 0 Å². The first-order valence-electron chi connectivity index (χ1n) is 9.47. The maximum Gasteiger partial charge on any atom is 0.354 e. The average Bonchev–Trinajstić information content (AvgIpc) is 2.78. The Hall–Kier alpha value is -3.97. The van der Waals surface area contributed by atoms with Crippen LogP contribution in [-0.2, 0) is 0 Å². The highest BCUT2D eigenvalue weighted by atomic mass is 32.2. The molecule has 0 aliphatic rings. The van der Waals surface area contributed by atoms with Crippen molar-refractivity contribution in [1.82, 2.24) is 4.57 Å². The van der Waals surface area contributed by atoms with Gasteiger partial charge in [-0.05, 0) is 36.4 Å². The molecule has 0 bridgehead atoms. The summed E-state index contributed by atoms with van der Waals surface area (Å²) in [6.45, 7) is 0. The van der Waals surface area contributed by atoms with Crippen molar-refractivity contribution < 1.29 is 9.52 Å². The Morgan fingerprint density at radius 1 is 0.871 bits per heavy atom. The van der Waals surface area contributed by atoms with Crippen LogP contribution in [0.15, 0.2) is 103 Å². The molecule has 0 unspecified atom stereocenters. The molecule has 31 heavy (non-hydrogen) atoms. The third-order valence-corrected chi connectivity index (χ3v) is 6.17. The fraction of sp³-hybridized carbons (Fsp3) is 0. The summed E-state index contributed by atoms with van der Waals surface area (Å²) in [5.74, 6) is -0.417. The maximum atomic E-state index is 13.6. The lowest BCUT2D eigenvalue weighted by Gasteiger charge is -2.14. The zero-order chi connectivity index (χ0) is 21.5. The Morgan fingerprint density at radius 3 is 2.32 bits per heavy atom. The third-order valence-electron chi connectivity index (χ3n) is 5.01. The van der Waals surface area contributed by atoms with Gasteiger partial charge in [-0.1, -0.05) is 54.2 Å². The highest BCUT2D eigenvalue weighted by molar-refractivity contribution is 7.99. The van der Waals surface area contributed by atoms with Crippen LogP contribution < -0.4 is 16.9 Å². The van der Waals surface area contributed by atoms with E-state index in [9.17, 15) is 14.7 Å². The normalized spacial score (nSPS) is 11.2. The second-order valence-electron chi connectivity index (χ2n) is 6.90. The molecule has 0 atom stereocenters. The second kappa shape index (κ2) is 7.37. The summed E-state index contributed by atoms with van der Waals surface area (Å²) in [4.78, 5) is 26.8. The van der Waals surface area contributed by atoms with Crippen LogP contribution >= 0.6 is 11.8 Å². The van der Waals surface area contributed by atoms with E-state index < -0.39 is 16.9 Å². The Bertz CT molecular complexity index is 1570. The highest BCUT2D eigenvalue weighted by Crippen LogP contribution is 2.39. The zero-order valence-electron chi connectivity index (χ0n) is 16.1. The predicted molar refractivity (Wildman–Crippen MR) is 122 cm³/mol. The Labute approximate surface area is 180 Å². The van der Waals surface area contributed by atoms with E-state index in [1.165, 1.54) is 4.57 Å². The number of fused-ring (bicyclic) bond motifs is 3. The molecule has 3 N–H and O–H groups in total. The van der Waals surface area contributed by atoms with E-state index in [2.05, 4.69) is 0 Å². The smallest absolute Gasteiger partial charge is 0.354 e. The van der Waals surface area contributed by atoms with Crippen molar-refractivity contribution in [2.24, 2.45) is 0 Å². The van der Waals surface area contributed by atoms with Crippen molar-refractivity contribution in [3.63, 3.8) is 0 Å². The molecule has 0 radical (unpaired) electrons. The number of hydrogen-bond acceptors (Lipinski definition) is 6. The van der Waals surface area contributed by atoms with Crippen LogP contribution in [0.3, 0.4) is 0 Å². The van der Waals surface area contributed by atoms with Crippen molar-refractivity contribution in [1.29, 1.82) is 0 Å². The molecule has 0 saturated heterocycles. The number of nitrogen functional groups attached to an aromatic ring is 1. The Balaban J connectivity index is 1.89. The lowest BCUT2D eigenvalue weighted by molar-refractivity contribution is 0.447. The first kappa shape index (κ1) is 19.0. The van der Waals surface area contributed by atoms with Crippen LogP contribution in [0, 0.1) is 0 Å². The van der Waals surface area contributed by atoms with Gasteiger partial charge in [-0.3, -0.25) is 9.36 Å². The molecule has 0 aliphatic carbocycles. The number of aromatic hydroxyl groups is 1. The van der Waals surface area contributed by atoms with E-state index in [4.69, 9.17) is 10.2 Å². The Kier molecular flexibility index (Phi) is 4.52. The van der Waals surface area contributed by atoms with E-state index in [1.807, 2.05) is 18.2 Å². The molecule has 0 saturated carbocycles. The summed E-state index contributed by atoms with van der Waals surface area (Å²) in [5.41, 5.74) is 6.48. The van der Waals surface area contributed by atoms with Gasteiger partial charge < -0.3 is 15.3 Å². The van der Waals surface area contributed by atoms with Crippen LogP contribution in [0.1, 0.15) is 0 Å². The van der Waals surface area contributed by atoms with Gasteiger partial charge in [0, 0.05) is 21.7 Å². The molecule has 5 aromatic rings. The average molecular weight is 428 g/mol. The summed E-state index contributed by atoms with van der Waals surface area (Å²) < 4.78 is 7.08. The number of pyridine rings is 1. The molecule has 6 nitrogen and oxygen atoms in total. The van der Waals surface area contributed by atoms with E-state index in [-0.39, 0.29) is 15.9 Å². The fourth-order valence-electron chi connectivity index (χ4n) is 3.58. The first-order chi connectivity index (χ1) is 15.1. The lowest BCUT2D eigenvalue weighted by Crippen LogP contribution is -2.20. The van der Waals surface area contributed by atoms with Crippen LogP contribution in [0.5, 0.6) is 5.75 Å². The Morgan fingerprint density at radius 2 is 1.55 bits per heavy atom. The molecular weight excluding hydrogens is 412 g/mol. The van der Waals surface area contributed by atoms with Gasteiger partial charge in [-0.25, -0.2) is 4.79 Å². The number of anilines is 1. The summed E-state index contributed by atoms with van der Waals surface area (Å²) in [6.07, 6.45) is 0. The number of nitrogens with zero attached hydrogens (tertiary/aromatic N) is 1. The van der Waals surface area contributed by atoms with Crippen molar-refractivity contribution in [2.45, 2.75) is 9.79 Å². The second-order valence-corrected chi connectivity index (χ2v) is 7.96. The lowest BCUT2D eigenvalue weighted by atomic mass is 10.1. The first-order valence-corrected chi connectivity index (χ1v) is 10.3. The monoisotopic (exact) mass is 428 g/mol. The topological polar surface area (TPSA) is 98.5 Å².